The third kappa shape index (κ3) is 30.0. The van der Waals surface area contributed by atoms with Crippen molar-refractivity contribution < 1.29 is 32.4 Å². The summed E-state index contributed by atoms with van der Waals surface area (Å²) in [5, 5.41) is 2.88. The Morgan fingerprint density at radius 3 is 1.97 bits per heavy atom. The Balaban J connectivity index is 3.51. The van der Waals surface area contributed by atoms with Crippen LogP contribution in [0.1, 0.15) is 104 Å². The van der Waals surface area contributed by atoms with Crippen LogP contribution in [0.5, 0.6) is 0 Å². The van der Waals surface area contributed by atoms with Crippen LogP contribution < -0.4 is 10.8 Å². The molecule has 0 aromatic heterocycles. The van der Waals surface area contributed by atoms with Gasteiger partial charge in [-0.25, -0.2) is 10.1 Å². The van der Waals surface area contributed by atoms with Crippen LogP contribution in [-0.2, 0) is 27.9 Å². The third-order valence-corrected chi connectivity index (χ3v) is 7.27. The van der Waals surface area contributed by atoms with Crippen LogP contribution in [0.25, 0.3) is 0 Å². The van der Waals surface area contributed by atoms with E-state index in [0.717, 1.165) is 12.8 Å². The number of carbonyl (C=O) groups is 1. The molecular weight excluding hydrogens is 517 g/mol. The van der Waals surface area contributed by atoms with Crippen LogP contribution >= 0.6 is 7.75 Å². The quantitative estimate of drug-likeness (QED) is 0.0367. The van der Waals surface area contributed by atoms with Crippen molar-refractivity contribution in [3.8, 4) is 0 Å². The zero-order valence-corrected chi connectivity index (χ0v) is 26.7. The van der Waals surface area contributed by atoms with Crippen LogP contribution in [0.15, 0.2) is 12.2 Å². The summed E-state index contributed by atoms with van der Waals surface area (Å²) in [6.45, 7) is 5.93. The summed E-state index contributed by atoms with van der Waals surface area (Å²) in [4.78, 5) is 12.0. The minimum Gasteiger partial charge on any atom is -0.354 e. The summed E-state index contributed by atoms with van der Waals surface area (Å²) in [6, 6.07) is 0. The van der Waals surface area contributed by atoms with E-state index in [9.17, 15) is 9.36 Å². The molecule has 1 amide bonds. The lowest BCUT2D eigenvalue weighted by atomic mass is 10.1. The molecule has 0 radical (unpaired) electrons. The lowest BCUT2D eigenvalue weighted by Crippen LogP contribution is -2.37. The number of nitrogens with zero attached hydrogens (tertiary/aromatic N) is 1. The van der Waals surface area contributed by atoms with Crippen LogP contribution in [-0.4, -0.2) is 77.3 Å². The summed E-state index contributed by atoms with van der Waals surface area (Å²) >= 11 is 0. The van der Waals surface area contributed by atoms with Gasteiger partial charge in [0.05, 0.1) is 41.0 Å². The number of unbranched alkanes of at least 4 members (excludes halogenated alkanes) is 11. The van der Waals surface area contributed by atoms with Gasteiger partial charge in [-0.1, -0.05) is 70.4 Å². The first-order chi connectivity index (χ1) is 18.6. The van der Waals surface area contributed by atoms with Crippen molar-refractivity contribution in [2.45, 2.75) is 110 Å². The number of likely N-dealkylation sites (N-methyl/N-ethyl adjacent to an activating group) is 1. The van der Waals surface area contributed by atoms with Crippen LogP contribution in [0, 0.1) is 0 Å². The van der Waals surface area contributed by atoms with E-state index < -0.39 is 14.0 Å². The second-order valence-electron chi connectivity index (χ2n) is 11.2. The van der Waals surface area contributed by atoms with Gasteiger partial charge >= 0.3 is 7.75 Å². The van der Waals surface area contributed by atoms with E-state index in [2.05, 4.69) is 24.4 Å². The number of nitrogens with two attached hydrogens (primary N) is 1. The van der Waals surface area contributed by atoms with Crippen LogP contribution in [0.2, 0.25) is 0 Å². The Hall–Kier alpha value is -0.800. The maximum Gasteiger partial charge on any atom is 0.403 e. The SMILES string of the molecule is CCCCCCCC/C=C\CCCCCCCC(=O)NCCOC(C)OCCOP(N)(=O)OCC[N+](C)(C)C. The molecule has 0 saturated carbocycles. The van der Waals surface area contributed by atoms with E-state index in [1.807, 2.05) is 21.1 Å². The van der Waals surface area contributed by atoms with Crippen molar-refractivity contribution >= 4 is 13.7 Å². The molecule has 0 aliphatic carbocycles. The van der Waals surface area contributed by atoms with Crippen LogP contribution in [0.4, 0.5) is 0 Å². The minimum absolute atomic E-state index is 0.0402. The van der Waals surface area contributed by atoms with Crippen molar-refractivity contribution in [2.24, 2.45) is 5.50 Å². The fourth-order valence-electron chi connectivity index (χ4n) is 3.77. The van der Waals surface area contributed by atoms with Gasteiger partial charge < -0.3 is 19.3 Å². The fraction of sp³-hybridized carbons (Fsp3) is 0.897. The Morgan fingerprint density at radius 1 is 0.821 bits per heavy atom. The van der Waals surface area contributed by atoms with Crippen molar-refractivity contribution in [3.63, 3.8) is 0 Å². The van der Waals surface area contributed by atoms with Gasteiger partial charge in [0.15, 0.2) is 6.29 Å². The summed E-state index contributed by atoms with van der Waals surface area (Å²) in [6.07, 6.45) is 21.0. The van der Waals surface area contributed by atoms with Crippen molar-refractivity contribution in [2.75, 3.05) is 60.7 Å². The Bertz CT molecular complexity index is 657. The molecule has 3 N–H and O–H groups in total. The zero-order valence-electron chi connectivity index (χ0n) is 25.8. The first-order valence-corrected chi connectivity index (χ1v) is 16.8. The number of amides is 1. The highest BCUT2D eigenvalue weighted by Gasteiger charge is 2.20. The summed E-state index contributed by atoms with van der Waals surface area (Å²) in [5.41, 5.74) is 5.57. The second-order valence-corrected chi connectivity index (χ2v) is 12.8. The summed E-state index contributed by atoms with van der Waals surface area (Å²) < 4.78 is 34.0. The van der Waals surface area contributed by atoms with Gasteiger partial charge in [0.25, 0.3) is 0 Å². The average Bonchev–Trinajstić information content (AvgIpc) is 2.86. The average molecular weight is 579 g/mol. The number of ether oxygens (including phenoxy) is 2. The monoisotopic (exact) mass is 578 g/mol. The molecular formula is C29H61N3O6P+. The molecule has 0 aromatic rings. The molecule has 0 spiro atoms. The first kappa shape index (κ1) is 38.2. The molecule has 39 heavy (non-hydrogen) atoms. The molecule has 2 unspecified atom stereocenters. The van der Waals surface area contributed by atoms with E-state index in [0.29, 0.717) is 30.6 Å². The van der Waals surface area contributed by atoms with Gasteiger partial charge in [-0.2, -0.15) is 0 Å². The highest BCUT2D eigenvalue weighted by molar-refractivity contribution is 7.51. The summed E-state index contributed by atoms with van der Waals surface area (Å²) in [7, 11) is 2.43. The highest BCUT2D eigenvalue weighted by atomic mass is 31.2. The Morgan fingerprint density at radius 2 is 1.36 bits per heavy atom. The molecule has 0 aliphatic heterocycles. The second kappa shape index (κ2) is 25.0. The predicted octanol–water partition coefficient (Wildman–Crippen LogP) is 6.33. The maximum atomic E-state index is 12.0. The molecule has 0 bridgehead atoms. The molecule has 0 aliphatic rings. The lowest BCUT2D eigenvalue weighted by molar-refractivity contribution is -0.870. The molecule has 0 fully saturated rings. The van der Waals surface area contributed by atoms with E-state index >= 15 is 0 Å². The van der Waals surface area contributed by atoms with Crippen molar-refractivity contribution in [1.82, 2.24) is 5.32 Å². The lowest BCUT2D eigenvalue weighted by Gasteiger charge is -2.24. The van der Waals surface area contributed by atoms with E-state index in [1.54, 1.807) is 6.92 Å². The van der Waals surface area contributed by atoms with Gasteiger partial charge in [-0.15, -0.1) is 0 Å². The van der Waals surface area contributed by atoms with E-state index in [1.165, 1.54) is 70.6 Å². The van der Waals surface area contributed by atoms with Gasteiger partial charge in [0.2, 0.25) is 5.91 Å². The number of quaternary nitrogens is 1. The van der Waals surface area contributed by atoms with E-state index in [4.69, 9.17) is 24.0 Å². The molecule has 0 aromatic carbocycles. The van der Waals surface area contributed by atoms with Crippen molar-refractivity contribution in [1.29, 1.82) is 0 Å². The molecule has 232 valence electrons. The number of carbonyl (C=O) groups excluding carboxylic acids is 1. The maximum absolute atomic E-state index is 12.0. The first-order valence-electron chi connectivity index (χ1n) is 15.2. The number of hydrogen-bond acceptors (Lipinski definition) is 6. The van der Waals surface area contributed by atoms with Gasteiger partial charge in [0.1, 0.15) is 13.2 Å². The van der Waals surface area contributed by atoms with E-state index in [-0.39, 0.29) is 25.7 Å². The number of hydrogen-bond donors (Lipinski definition) is 2. The molecule has 9 nitrogen and oxygen atoms in total. The molecule has 2 atom stereocenters. The molecule has 0 heterocycles. The fourth-order valence-corrected chi connectivity index (χ4v) is 4.51. The predicted molar refractivity (Wildman–Crippen MR) is 160 cm³/mol. The Labute approximate surface area is 239 Å². The van der Waals surface area contributed by atoms with Gasteiger partial charge in [-0.3, -0.25) is 13.8 Å². The largest absolute Gasteiger partial charge is 0.403 e. The molecule has 0 saturated heterocycles. The smallest absolute Gasteiger partial charge is 0.354 e. The zero-order chi connectivity index (χ0) is 29.2. The van der Waals surface area contributed by atoms with Crippen LogP contribution in [0.3, 0.4) is 0 Å². The Kier molecular flexibility index (Phi) is 24.4. The molecule has 0 rings (SSSR count). The molecule has 10 heteroatoms. The number of rotatable bonds is 28. The minimum atomic E-state index is -3.58. The normalized spacial score (nSPS) is 14.5. The van der Waals surface area contributed by atoms with Crippen molar-refractivity contribution in [3.05, 3.63) is 12.2 Å². The van der Waals surface area contributed by atoms with Gasteiger partial charge in [0, 0.05) is 13.0 Å². The topological polar surface area (TPSA) is 109 Å². The van der Waals surface area contributed by atoms with Gasteiger partial charge in [-0.05, 0) is 39.0 Å². The highest BCUT2D eigenvalue weighted by Crippen LogP contribution is 2.38. The summed E-state index contributed by atoms with van der Waals surface area (Å²) in [5.74, 6) is 0.0576. The number of nitrogens with one attached hydrogen (secondary N) is 1. The standard InChI is InChI=1S/C29H60N3O6P/c1-6-7-8-9-10-11-12-13-14-15-16-17-18-19-20-21-29(33)31-22-24-35-28(2)36-26-27-38-39(30,34)37-25-23-32(3,4)5/h13-14,28H,6-12,15-27H2,1-5H3,(H2-,30,31,33,34)/p+1/b14-13-. The number of allylic oxidation sites excluding steroid dienone is 2. The third-order valence-electron chi connectivity index (χ3n) is 6.18.